The maximum atomic E-state index is 4.71. The summed E-state index contributed by atoms with van der Waals surface area (Å²) >= 11 is 0. The fourth-order valence-corrected chi connectivity index (χ4v) is 4.20. The number of hydrogen-bond donors (Lipinski definition) is 1. The van der Waals surface area contributed by atoms with Gasteiger partial charge < -0.3 is 24.9 Å². The van der Waals surface area contributed by atoms with Gasteiger partial charge in [0, 0.05) is 78.3 Å². The lowest BCUT2D eigenvalue weighted by Crippen LogP contribution is -2.52. The van der Waals surface area contributed by atoms with E-state index in [1.807, 2.05) is 31.6 Å². The molecular weight excluding hydrogens is 515 g/mol. The quantitative estimate of drug-likeness (QED) is 0.348. The molecule has 2 aliphatic heterocycles. The second kappa shape index (κ2) is 12.2. The first-order chi connectivity index (χ1) is 15.3. The summed E-state index contributed by atoms with van der Waals surface area (Å²) in [7, 11) is 1.85. The number of nitrogens with zero attached hydrogens (tertiary/aromatic N) is 7. The van der Waals surface area contributed by atoms with Crippen LogP contribution < -0.4 is 15.1 Å². The fraction of sp³-hybridized carbons (Fsp3) is 0.522. The third kappa shape index (κ3) is 6.22. The van der Waals surface area contributed by atoms with Crippen molar-refractivity contribution in [2.24, 2.45) is 4.99 Å². The van der Waals surface area contributed by atoms with Crippen LogP contribution in [0.25, 0.3) is 0 Å². The topological polar surface area (TPSA) is 63.1 Å². The van der Waals surface area contributed by atoms with Gasteiger partial charge in [-0.05, 0) is 30.3 Å². The third-order valence-electron chi connectivity index (χ3n) is 6.17. The van der Waals surface area contributed by atoms with Crippen LogP contribution in [0.2, 0.25) is 0 Å². The Kier molecular flexibility index (Phi) is 9.34. The highest BCUT2D eigenvalue weighted by Gasteiger charge is 2.20. The normalized spacial score (nSPS) is 17.8. The number of nitrogens with one attached hydrogen (secondary N) is 1. The number of guanidine groups is 1. The van der Waals surface area contributed by atoms with E-state index in [0.29, 0.717) is 0 Å². The van der Waals surface area contributed by atoms with E-state index in [4.69, 9.17) is 4.98 Å². The lowest BCUT2D eigenvalue weighted by Gasteiger charge is -2.37. The van der Waals surface area contributed by atoms with Gasteiger partial charge in [0.25, 0.3) is 0 Å². The number of hydrogen-bond acceptors (Lipinski definition) is 6. The lowest BCUT2D eigenvalue weighted by molar-refractivity contribution is 0.270. The summed E-state index contributed by atoms with van der Waals surface area (Å²) in [5.74, 6) is 3.07. The Bertz CT molecular complexity index is 829. The molecule has 0 unspecified atom stereocenters. The zero-order valence-electron chi connectivity index (χ0n) is 19.2. The Morgan fingerprint density at radius 2 is 1.59 bits per heavy atom. The zero-order valence-corrected chi connectivity index (χ0v) is 21.5. The number of likely N-dealkylation sites (N-methyl/N-ethyl adjacent to an activating group) is 1. The van der Waals surface area contributed by atoms with E-state index in [2.05, 4.69) is 60.0 Å². The Morgan fingerprint density at radius 1 is 0.906 bits per heavy atom. The molecule has 2 saturated heterocycles. The van der Waals surface area contributed by atoms with E-state index in [9.17, 15) is 0 Å². The molecule has 8 nitrogen and oxygen atoms in total. The average molecular weight is 550 g/mol. The van der Waals surface area contributed by atoms with Gasteiger partial charge in [0.05, 0.1) is 0 Å². The van der Waals surface area contributed by atoms with E-state index in [1.165, 1.54) is 5.56 Å². The van der Waals surface area contributed by atoms with Gasteiger partial charge in [0.1, 0.15) is 11.6 Å². The number of aromatic nitrogens is 2. The number of halogens is 1. The summed E-state index contributed by atoms with van der Waals surface area (Å²) in [5.41, 5.74) is 1.17. The van der Waals surface area contributed by atoms with Crippen LogP contribution in [-0.2, 0) is 6.54 Å². The Balaban J connectivity index is 0.00000289. The molecule has 4 heterocycles. The van der Waals surface area contributed by atoms with Crippen LogP contribution in [0.5, 0.6) is 0 Å². The first kappa shape index (κ1) is 24.5. The molecule has 174 valence electrons. The van der Waals surface area contributed by atoms with E-state index in [0.717, 1.165) is 83.0 Å². The minimum atomic E-state index is 0. The average Bonchev–Trinajstić information content (AvgIpc) is 2.86. The Hall–Kier alpha value is -2.14. The van der Waals surface area contributed by atoms with Crippen LogP contribution in [0.15, 0.2) is 47.7 Å². The minimum Gasteiger partial charge on any atom is -0.354 e. The number of piperazine rings is 2. The summed E-state index contributed by atoms with van der Waals surface area (Å²) in [4.78, 5) is 23.2. The van der Waals surface area contributed by atoms with Gasteiger partial charge in [-0.25, -0.2) is 9.97 Å². The summed E-state index contributed by atoms with van der Waals surface area (Å²) in [6.07, 6.45) is 3.84. The second-order valence-electron chi connectivity index (χ2n) is 8.01. The van der Waals surface area contributed by atoms with Crippen molar-refractivity contribution in [2.75, 3.05) is 75.8 Å². The predicted molar refractivity (Wildman–Crippen MR) is 142 cm³/mol. The predicted octanol–water partition coefficient (Wildman–Crippen LogP) is 2.13. The number of aliphatic imine (C=N–C) groups is 1. The van der Waals surface area contributed by atoms with Gasteiger partial charge >= 0.3 is 0 Å². The second-order valence-corrected chi connectivity index (χ2v) is 8.01. The van der Waals surface area contributed by atoms with E-state index >= 15 is 0 Å². The van der Waals surface area contributed by atoms with Gasteiger partial charge in [0.2, 0.25) is 0 Å². The largest absolute Gasteiger partial charge is 0.354 e. The molecule has 0 amide bonds. The molecule has 2 aliphatic rings. The monoisotopic (exact) mass is 550 g/mol. The van der Waals surface area contributed by atoms with Crippen molar-refractivity contribution in [3.05, 3.63) is 48.3 Å². The molecule has 9 heteroatoms. The fourth-order valence-electron chi connectivity index (χ4n) is 4.20. The van der Waals surface area contributed by atoms with Crippen molar-refractivity contribution >= 4 is 41.6 Å². The highest BCUT2D eigenvalue weighted by atomic mass is 127. The number of anilines is 2. The summed E-state index contributed by atoms with van der Waals surface area (Å²) in [6.45, 7) is 12.2. The summed E-state index contributed by atoms with van der Waals surface area (Å²) in [5, 5.41) is 3.50. The molecule has 1 N–H and O–H groups in total. The maximum Gasteiger partial charge on any atom is 0.194 e. The number of rotatable bonds is 5. The van der Waals surface area contributed by atoms with E-state index < -0.39 is 0 Å². The molecule has 0 atom stereocenters. The highest BCUT2D eigenvalue weighted by Crippen LogP contribution is 2.15. The van der Waals surface area contributed by atoms with Gasteiger partial charge in [-0.15, -0.1) is 24.0 Å². The number of pyridine rings is 2. The van der Waals surface area contributed by atoms with Crippen molar-refractivity contribution in [1.29, 1.82) is 0 Å². The Labute approximate surface area is 208 Å². The van der Waals surface area contributed by atoms with Crippen molar-refractivity contribution in [1.82, 2.24) is 25.1 Å². The molecule has 4 rings (SSSR count). The summed E-state index contributed by atoms with van der Waals surface area (Å²) in [6, 6.07) is 10.4. The van der Waals surface area contributed by atoms with Crippen LogP contribution in [0.4, 0.5) is 11.6 Å². The van der Waals surface area contributed by atoms with Crippen molar-refractivity contribution in [2.45, 2.75) is 13.5 Å². The molecular formula is C23H35IN8. The SMILES string of the molecule is CCN1CCN(c2ccc(CNC(=NC)N3CCN(c4ccccn4)CC3)cn2)CC1.I. The van der Waals surface area contributed by atoms with Crippen LogP contribution in [0.3, 0.4) is 0 Å². The molecule has 0 aliphatic carbocycles. The molecule has 0 bridgehead atoms. The van der Waals surface area contributed by atoms with Crippen LogP contribution >= 0.6 is 24.0 Å². The van der Waals surface area contributed by atoms with Gasteiger partial charge in [-0.3, -0.25) is 4.99 Å². The van der Waals surface area contributed by atoms with E-state index in [-0.39, 0.29) is 24.0 Å². The zero-order chi connectivity index (χ0) is 21.5. The Morgan fingerprint density at radius 3 is 2.16 bits per heavy atom. The van der Waals surface area contributed by atoms with Gasteiger partial charge in [-0.2, -0.15) is 0 Å². The van der Waals surface area contributed by atoms with Crippen LogP contribution in [-0.4, -0.2) is 91.7 Å². The molecule has 32 heavy (non-hydrogen) atoms. The van der Waals surface area contributed by atoms with Crippen molar-refractivity contribution < 1.29 is 0 Å². The van der Waals surface area contributed by atoms with Gasteiger partial charge in [-0.1, -0.05) is 19.1 Å². The molecule has 2 aromatic rings. The summed E-state index contributed by atoms with van der Waals surface area (Å²) < 4.78 is 0. The maximum absolute atomic E-state index is 4.71. The molecule has 2 fully saturated rings. The van der Waals surface area contributed by atoms with Crippen molar-refractivity contribution in [3.63, 3.8) is 0 Å². The van der Waals surface area contributed by atoms with Crippen LogP contribution in [0, 0.1) is 0 Å². The molecule has 0 saturated carbocycles. The lowest BCUT2D eigenvalue weighted by atomic mass is 10.2. The standard InChI is InChI=1S/C23H34N8.HI/c1-3-28-10-12-29(13-11-28)22-8-7-20(18-26-22)19-27-23(24-2)31-16-14-30(15-17-31)21-6-4-5-9-25-21;/h4-9,18H,3,10-17,19H2,1-2H3,(H,24,27);1H. The smallest absolute Gasteiger partial charge is 0.194 e. The van der Waals surface area contributed by atoms with Crippen LogP contribution in [0.1, 0.15) is 12.5 Å². The first-order valence-electron chi connectivity index (χ1n) is 11.3. The highest BCUT2D eigenvalue weighted by molar-refractivity contribution is 14.0. The first-order valence-corrected chi connectivity index (χ1v) is 11.3. The molecule has 0 radical (unpaired) electrons. The van der Waals surface area contributed by atoms with Gasteiger partial charge in [0.15, 0.2) is 5.96 Å². The molecule has 0 spiro atoms. The van der Waals surface area contributed by atoms with Crippen molar-refractivity contribution in [3.8, 4) is 0 Å². The molecule has 2 aromatic heterocycles. The minimum absolute atomic E-state index is 0. The van der Waals surface area contributed by atoms with E-state index in [1.54, 1.807) is 0 Å². The third-order valence-corrected chi connectivity index (χ3v) is 6.17. The molecule has 0 aromatic carbocycles.